The molecular weight excluding hydrogens is 265 g/mol. The van der Waals surface area contributed by atoms with Gasteiger partial charge < -0.3 is 5.73 Å². The molecule has 1 aromatic carbocycles. The van der Waals surface area contributed by atoms with Crippen molar-refractivity contribution in [3.8, 4) is 0 Å². The van der Waals surface area contributed by atoms with Gasteiger partial charge in [-0.15, -0.1) is 0 Å². The Morgan fingerprint density at radius 1 is 1.15 bits per heavy atom. The molecule has 20 heavy (non-hydrogen) atoms. The summed E-state index contributed by atoms with van der Waals surface area (Å²) in [7, 11) is 0. The molecule has 0 bridgehead atoms. The zero-order valence-corrected chi connectivity index (χ0v) is 11.3. The highest BCUT2D eigenvalue weighted by Gasteiger charge is 2.30. The summed E-state index contributed by atoms with van der Waals surface area (Å²) in [6.07, 6.45) is -1.81. The SMILES string of the molecule is Cc1cc(CCCCN)nc2cc(C(F)(F)F)ccc12. The van der Waals surface area contributed by atoms with Gasteiger partial charge in [-0.1, -0.05) is 6.07 Å². The third-order valence-corrected chi connectivity index (χ3v) is 3.28. The lowest BCUT2D eigenvalue weighted by molar-refractivity contribution is -0.137. The molecule has 0 aliphatic carbocycles. The van der Waals surface area contributed by atoms with Crippen LogP contribution in [0.4, 0.5) is 13.2 Å². The summed E-state index contributed by atoms with van der Waals surface area (Å²) in [5.41, 5.74) is 6.96. The van der Waals surface area contributed by atoms with E-state index in [9.17, 15) is 13.2 Å². The molecule has 0 saturated heterocycles. The van der Waals surface area contributed by atoms with E-state index in [1.807, 2.05) is 13.0 Å². The highest BCUT2D eigenvalue weighted by Crippen LogP contribution is 2.31. The number of alkyl halides is 3. The number of fused-ring (bicyclic) bond motifs is 1. The van der Waals surface area contributed by atoms with Crippen molar-refractivity contribution in [3.05, 3.63) is 41.1 Å². The van der Waals surface area contributed by atoms with Crippen molar-refractivity contribution < 1.29 is 13.2 Å². The first kappa shape index (κ1) is 14.8. The molecule has 0 aliphatic rings. The topological polar surface area (TPSA) is 38.9 Å². The quantitative estimate of drug-likeness (QED) is 0.865. The number of aromatic nitrogens is 1. The average molecular weight is 282 g/mol. The van der Waals surface area contributed by atoms with Crippen molar-refractivity contribution >= 4 is 10.9 Å². The number of hydrogen-bond donors (Lipinski definition) is 1. The maximum absolute atomic E-state index is 12.7. The first-order valence-corrected chi connectivity index (χ1v) is 6.59. The zero-order valence-electron chi connectivity index (χ0n) is 11.3. The fraction of sp³-hybridized carbons (Fsp3) is 0.400. The van der Waals surface area contributed by atoms with E-state index in [0.717, 1.165) is 48.0 Å². The van der Waals surface area contributed by atoms with Crippen LogP contribution in [0.1, 0.15) is 29.7 Å². The zero-order chi connectivity index (χ0) is 14.8. The van der Waals surface area contributed by atoms with Crippen molar-refractivity contribution in [1.29, 1.82) is 0 Å². The average Bonchev–Trinajstić information content (AvgIpc) is 2.37. The Balaban J connectivity index is 2.39. The Kier molecular flexibility index (Phi) is 4.28. The molecule has 2 N–H and O–H groups in total. The summed E-state index contributed by atoms with van der Waals surface area (Å²) < 4.78 is 38.2. The van der Waals surface area contributed by atoms with Gasteiger partial charge in [0.15, 0.2) is 0 Å². The molecule has 0 atom stereocenters. The number of halogens is 3. The summed E-state index contributed by atoms with van der Waals surface area (Å²) in [4.78, 5) is 4.34. The van der Waals surface area contributed by atoms with Crippen molar-refractivity contribution in [2.24, 2.45) is 5.73 Å². The van der Waals surface area contributed by atoms with Gasteiger partial charge in [0.05, 0.1) is 11.1 Å². The molecule has 0 amide bonds. The van der Waals surface area contributed by atoms with E-state index < -0.39 is 11.7 Å². The summed E-state index contributed by atoms with van der Waals surface area (Å²) in [6, 6.07) is 5.65. The van der Waals surface area contributed by atoms with Crippen molar-refractivity contribution in [2.45, 2.75) is 32.4 Å². The maximum Gasteiger partial charge on any atom is 0.416 e. The summed E-state index contributed by atoms with van der Waals surface area (Å²) in [5.74, 6) is 0. The van der Waals surface area contributed by atoms with Gasteiger partial charge >= 0.3 is 6.18 Å². The molecule has 0 spiro atoms. The molecule has 0 saturated carbocycles. The predicted molar refractivity (Wildman–Crippen MR) is 73.5 cm³/mol. The molecule has 0 fully saturated rings. The van der Waals surface area contributed by atoms with Crippen molar-refractivity contribution in [1.82, 2.24) is 4.98 Å². The fourth-order valence-corrected chi connectivity index (χ4v) is 2.23. The molecule has 5 heteroatoms. The van der Waals surface area contributed by atoms with Gasteiger partial charge in [0, 0.05) is 11.1 Å². The van der Waals surface area contributed by atoms with Crippen LogP contribution in [0.25, 0.3) is 10.9 Å². The smallest absolute Gasteiger partial charge is 0.330 e. The number of nitrogens with zero attached hydrogens (tertiary/aromatic N) is 1. The van der Waals surface area contributed by atoms with E-state index in [0.29, 0.717) is 12.1 Å². The lowest BCUT2D eigenvalue weighted by Gasteiger charge is -2.10. The summed E-state index contributed by atoms with van der Waals surface area (Å²) in [5, 5.41) is 0.764. The molecule has 0 unspecified atom stereocenters. The standard InChI is InChI=1S/C15H17F3N2/c1-10-8-12(4-2-3-7-19)20-14-9-11(15(16,17)18)5-6-13(10)14/h5-6,8-9H,2-4,7,19H2,1H3. The molecule has 1 heterocycles. The number of unbranched alkanes of at least 4 members (excludes halogenated alkanes) is 1. The normalized spacial score (nSPS) is 12.1. The second kappa shape index (κ2) is 5.79. The van der Waals surface area contributed by atoms with Crippen LogP contribution in [-0.4, -0.2) is 11.5 Å². The third-order valence-electron chi connectivity index (χ3n) is 3.28. The summed E-state index contributed by atoms with van der Waals surface area (Å²) in [6.45, 7) is 2.51. The fourth-order valence-electron chi connectivity index (χ4n) is 2.23. The van der Waals surface area contributed by atoms with Gasteiger partial charge in [-0.25, -0.2) is 0 Å². The van der Waals surface area contributed by atoms with Crippen LogP contribution < -0.4 is 5.73 Å². The Morgan fingerprint density at radius 2 is 1.90 bits per heavy atom. The predicted octanol–water partition coefficient (Wildman–Crippen LogP) is 3.84. The van der Waals surface area contributed by atoms with Gasteiger partial charge in [0.1, 0.15) is 0 Å². The third kappa shape index (κ3) is 3.28. The highest BCUT2D eigenvalue weighted by molar-refractivity contribution is 5.83. The Hall–Kier alpha value is -1.62. The van der Waals surface area contributed by atoms with Crippen LogP contribution in [0.15, 0.2) is 24.3 Å². The number of hydrogen-bond acceptors (Lipinski definition) is 2. The van der Waals surface area contributed by atoms with Crippen LogP contribution in [0.2, 0.25) is 0 Å². The number of pyridine rings is 1. The van der Waals surface area contributed by atoms with E-state index in [4.69, 9.17) is 5.73 Å². The molecule has 2 nitrogen and oxygen atoms in total. The van der Waals surface area contributed by atoms with Gasteiger partial charge in [0.25, 0.3) is 0 Å². The van der Waals surface area contributed by atoms with E-state index in [2.05, 4.69) is 4.98 Å². The maximum atomic E-state index is 12.7. The molecule has 0 radical (unpaired) electrons. The second-order valence-electron chi connectivity index (χ2n) is 4.91. The van der Waals surface area contributed by atoms with Crippen LogP contribution in [0, 0.1) is 6.92 Å². The highest BCUT2D eigenvalue weighted by atomic mass is 19.4. The van der Waals surface area contributed by atoms with Crippen LogP contribution in [0.5, 0.6) is 0 Å². The molecule has 2 aromatic rings. The summed E-state index contributed by atoms with van der Waals surface area (Å²) >= 11 is 0. The van der Waals surface area contributed by atoms with Gasteiger partial charge in [0.2, 0.25) is 0 Å². The first-order valence-electron chi connectivity index (χ1n) is 6.59. The minimum atomic E-state index is -4.33. The minimum Gasteiger partial charge on any atom is -0.330 e. The van der Waals surface area contributed by atoms with Gasteiger partial charge in [-0.05, 0) is 56.5 Å². The van der Waals surface area contributed by atoms with Crippen LogP contribution >= 0.6 is 0 Å². The van der Waals surface area contributed by atoms with Crippen molar-refractivity contribution in [3.63, 3.8) is 0 Å². The van der Waals surface area contributed by atoms with E-state index in [-0.39, 0.29) is 0 Å². The van der Waals surface area contributed by atoms with Crippen molar-refractivity contribution in [2.75, 3.05) is 6.54 Å². The van der Waals surface area contributed by atoms with Gasteiger partial charge in [-0.2, -0.15) is 13.2 Å². The lowest BCUT2D eigenvalue weighted by atomic mass is 10.0. The largest absolute Gasteiger partial charge is 0.416 e. The van der Waals surface area contributed by atoms with E-state index >= 15 is 0 Å². The lowest BCUT2D eigenvalue weighted by Crippen LogP contribution is -2.05. The molecule has 2 rings (SSSR count). The Labute approximate surface area is 115 Å². The first-order chi connectivity index (χ1) is 9.41. The number of rotatable bonds is 4. The minimum absolute atomic E-state index is 0.405. The van der Waals surface area contributed by atoms with Crippen LogP contribution in [0.3, 0.4) is 0 Å². The Morgan fingerprint density at radius 3 is 2.55 bits per heavy atom. The second-order valence-corrected chi connectivity index (χ2v) is 4.91. The molecule has 1 aromatic heterocycles. The number of aryl methyl sites for hydroxylation is 2. The number of nitrogens with two attached hydrogens (primary N) is 1. The monoisotopic (exact) mass is 282 g/mol. The van der Waals surface area contributed by atoms with E-state index in [1.54, 1.807) is 0 Å². The molecule has 0 aliphatic heterocycles. The Bertz CT molecular complexity index is 606. The molecular formula is C15H17F3N2. The van der Waals surface area contributed by atoms with E-state index in [1.165, 1.54) is 6.07 Å². The van der Waals surface area contributed by atoms with Crippen LogP contribution in [-0.2, 0) is 12.6 Å². The molecule has 108 valence electrons. The number of benzene rings is 1. The van der Waals surface area contributed by atoms with Gasteiger partial charge in [-0.3, -0.25) is 4.98 Å².